The number of aromatic nitrogens is 2. The highest BCUT2D eigenvalue weighted by Crippen LogP contribution is 1.93. The number of hydrogen-bond donors (Lipinski definition) is 2. The van der Waals surface area contributed by atoms with Gasteiger partial charge in [0.05, 0.1) is 6.54 Å². The first-order valence-corrected chi connectivity index (χ1v) is 3.87. The zero-order chi connectivity index (χ0) is 8.27. The molecular formula is C6H11N3OS. The predicted molar refractivity (Wildman–Crippen MR) is 43.7 cm³/mol. The molecule has 0 spiro atoms. The van der Waals surface area contributed by atoms with Crippen molar-refractivity contribution in [3.63, 3.8) is 0 Å². The predicted octanol–water partition coefficient (Wildman–Crippen LogP) is 1.23. The highest BCUT2D eigenvalue weighted by Gasteiger charge is 1.98. The number of H-pyrrole nitrogens is 1. The lowest BCUT2D eigenvalue weighted by Crippen LogP contribution is -2.21. The average Bonchev–Trinajstić information content (AvgIpc) is 2.31. The van der Waals surface area contributed by atoms with E-state index in [4.69, 9.17) is 16.6 Å². The van der Waals surface area contributed by atoms with Gasteiger partial charge in [0.1, 0.15) is 0 Å². The van der Waals surface area contributed by atoms with Crippen LogP contribution in [0.2, 0.25) is 0 Å². The maximum atomic E-state index is 5.02. The van der Waals surface area contributed by atoms with Gasteiger partial charge in [-0.2, -0.15) is 0 Å². The molecule has 0 aliphatic heterocycles. The molecular weight excluding hydrogens is 162 g/mol. The van der Waals surface area contributed by atoms with E-state index in [1.807, 2.05) is 0 Å². The Bertz CT molecular complexity index is 265. The fourth-order valence-corrected chi connectivity index (χ4v) is 0.770. The molecule has 0 aromatic carbocycles. The lowest BCUT2D eigenvalue weighted by atomic mass is 10.4. The van der Waals surface area contributed by atoms with Crippen LogP contribution in [0.1, 0.15) is 19.7 Å². The van der Waals surface area contributed by atoms with Crippen molar-refractivity contribution < 1.29 is 4.42 Å². The molecule has 5 heteroatoms. The second kappa shape index (κ2) is 3.64. The molecule has 1 aromatic rings. The number of nitrogens with one attached hydrogen (secondary N) is 2. The van der Waals surface area contributed by atoms with Crippen LogP contribution in [0.25, 0.3) is 0 Å². The Labute approximate surface area is 70.0 Å². The van der Waals surface area contributed by atoms with E-state index in [1.54, 1.807) is 0 Å². The molecule has 62 valence electrons. The van der Waals surface area contributed by atoms with Crippen molar-refractivity contribution in [2.75, 3.05) is 0 Å². The minimum Gasteiger partial charge on any atom is -0.413 e. The van der Waals surface area contributed by atoms with Crippen LogP contribution in [0.5, 0.6) is 0 Å². The first kappa shape index (κ1) is 8.42. The molecule has 0 amide bonds. The van der Waals surface area contributed by atoms with Gasteiger partial charge in [0.2, 0.25) is 5.89 Å². The van der Waals surface area contributed by atoms with E-state index in [-0.39, 0.29) is 0 Å². The van der Waals surface area contributed by atoms with Crippen LogP contribution < -0.4 is 5.32 Å². The fraction of sp³-hybridized carbons (Fsp3) is 0.667. The molecule has 1 aromatic heterocycles. The third-order valence-electron chi connectivity index (χ3n) is 1.14. The highest BCUT2D eigenvalue weighted by atomic mass is 32.1. The summed E-state index contributed by atoms with van der Waals surface area (Å²) in [4.78, 5) is 0.325. The normalized spacial score (nSPS) is 10.8. The Morgan fingerprint density at radius 1 is 1.73 bits per heavy atom. The summed E-state index contributed by atoms with van der Waals surface area (Å²) in [6, 6.07) is 0.426. The molecule has 1 rings (SSSR count). The standard InChI is InChI=1S/C6H11N3OS/c1-4(2)7-3-5-8-9-6(11)10-5/h4,7H,3H2,1-2H3,(H,9,11). The van der Waals surface area contributed by atoms with Crippen LogP contribution in [0.15, 0.2) is 4.42 Å². The maximum Gasteiger partial charge on any atom is 0.284 e. The Hall–Kier alpha value is -0.680. The van der Waals surface area contributed by atoms with E-state index in [1.165, 1.54) is 0 Å². The summed E-state index contributed by atoms with van der Waals surface area (Å²) in [6.45, 7) is 4.73. The van der Waals surface area contributed by atoms with Crippen LogP contribution in [-0.2, 0) is 6.54 Å². The zero-order valence-electron chi connectivity index (χ0n) is 6.55. The van der Waals surface area contributed by atoms with Crippen LogP contribution in [-0.4, -0.2) is 16.2 Å². The van der Waals surface area contributed by atoms with E-state index in [9.17, 15) is 0 Å². The quantitative estimate of drug-likeness (QED) is 0.675. The van der Waals surface area contributed by atoms with E-state index < -0.39 is 0 Å². The Morgan fingerprint density at radius 3 is 2.91 bits per heavy atom. The van der Waals surface area contributed by atoms with Gasteiger partial charge in [0.15, 0.2) is 0 Å². The Kier molecular flexibility index (Phi) is 2.78. The molecule has 0 fully saturated rings. The largest absolute Gasteiger partial charge is 0.413 e. The van der Waals surface area contributed by atoms with Crippen molar-refractivity contribution >= 4 is 12.2 Å². The lowest BCUT2D eigenvalue weighted by molar-refractivity contribution is 0.442. The minimum absolute atomic E-state index is 0.325. The molecule has 0 aliphatic carbocycles. The molecule has 11 heavy (non-hydrogen) atoms. The van der Waals surface area contributed by atoms with Gasteiger partial charge in [-0.3, -0.25) is 0 Å². The number of aromatic amines is 1. The third-order valence-corrected chi connectivity index (χ3v) is 1.32. The second-order valence-electron chi connectivity index (χ2n) is 2.54. The van der Waals surface area contributed by atoms with Crippen molar-refractivity contribution in [3.8, 4) is 0 Å². The van der Waals surface area contributed by atoms with Crippen molar-refractivity contribution in [2.45, 2.75) is 26.4 Å². The van der Waals surface area contributed by atoms with Gasteiger partial charge in [-0.1, -0.05) is 13.8 Å². The van der Waals surface area contributed by atoms with Gasteiger partial charge in [0, 0.05) is 6.04 Å². The minimum atomic E-state index is 0.325. The van der Waals surface area contributed by atoms with Crippen molar-refractivity contribution in [3.05, 3.63) is 10.7 Å². The summed E-state index contributed by atoms with van der Waals surface area (Å²) < 4.78 is 5.02. The Morgan fingerprint density at radius 2 is 2.45 bits per heavy atom. The summed E-state index contributed by atoms with van der Waals surface area (Å²) in [5.74, 6) is 0.601. The summed E-state index contributed by atoms with van der Waals surface area (Å²) >= 11 is 4.70. The number of rotatable bonds is 3. The van der Waals surface area contributed by atoms with Crippen molar-refractivity contribution in [2.24, 2.45) is 0 Å². The number of hydrogen-bond acceptors (Lipinski definition) is 4. The van der Waals surface area contributed by atoms with Gasteiger partial charge in [-0.05, 0) is 12.2 Å². The summed E-state index contributed by atoms with van der Waals surface area (Å²) in [7, 11) is 0. The van der Waals surface area contributed by atoms with Gasteiger partial charge in [-0.25, -0.2) is 5.10 Å². The smallest absolute Gasteiger partial charge is 0.284 e. The molecule has 0 saturated carbocycles. The van der Waals surface area contributed by atoms with E-state index in [0.717, 1.165) is 0 Å². The summed E-state index contributed by atoms with van der Waals surface area (Å²) in [6.07, 6.45) is 0. The zero-order valence-corrected chi connectivity index (χ0v) is 7.36. The molecule has 1 heterocycles. The summed E-state index contributed by atoms with van der Waals surface area (Å²) in [5.41, 5.74) is 0. The maximum absolute atomic E-state index is 5.02. The van der Waals surface area contributed by atoms with Crippen LogP contribution >= 0.6 is 12.2 Å². The molecule has 2 N–H and O–H groups in total. The SMILES string of the molecule is CC(C)NCc1n[nH]c(=S)o1. The highest BCUT2D eigenvalue weighted by molar-refractivity contribution is 7.71. The van der Waals surface area contributed by atoms with Crippen LogP contribution in [0.4, 0.5) is 0 Å². The van der Waals surface area contributed by atoms with Crippen LogP contribution in [0.3, 0.4) is 0 Å². The molecule has 0 atom stereocenters. The average molecular weight is 173 g/mol. The number of nitrogens with zero attached hydrogens (tertiary/aromatic N) is 1. The van der Waals surface area contributed by atoms with E-state index >= 15 is 0 Å². The van der Waals surface area contributed by atoms with Crippen LogP contribution in [0, 0.1) is 4.84 Å². The van der Waals surface area contributed by atoms with E-state index in [2.05, 4.69) is 29.4 Å². The van der Waals surface area contributed by atoms with Gasteiger partial charge in [0.25, 0.3) is 4.84 Å². The topological polar surface area (TPSA) is 53.9 Å². The van der Waals surface area contributed by atoms with E-state index in [0.29, 0.717) is 23.3 Å². The Balaban J connectivity index is 2.45. The van der Waals surface area contributed by atoms with Gasteiger partial charge in [-0.15, -0.1) is 5.10 Å². The first-order valence-electron chi connectivity index (χ1n) is 3.46. The summed E-state index contributed by atoms with van der Waals surface area (Å²) in [5, 5.41) is 9.53. The van der Waals surface area contributed by atoms with Gasteiger partial charge >= 0.3 is 0 Å². The van der Waals surface area contributed by atoms with Gasteiger partial charge < -0.3 is 9.73 Å². The molecule has 0 unspecified atom stereocenters. The van der Waals surface area contributed by atoms with Crippen molar-refractivity contribution in [1.82, 2.24) is 15.5 Å². The third kappa shape index (κ3) is 2.81. The molecule has 0 aliphatic rings. The monoisotopic (exact) mass is 173 g/mol. The first-order chi connectivity index (χ1) is 5.18. The molecule has 0 bridgehead atoms. The fourth-order valence-electron chi connectivity index (χ4n) is 0.628. The molecule has 0 radical (unpaired) electrons. The lowest BCUT2D eigenvalue weighted by Gasteiger charge is -2.02. The second-order valence-corrected chi connectivity index (χ2v) is 2.91. The molecule has 0 saturated heterocycles. The molecule has 4 nitrogen and oxygen atoms in total. The van der Waals surface area contributed by atoms with Crippen molar-refractivity contribution in [1.29, 1.82) is 0 Å².